The summed E-state index contributed by atoms with van der Waals surface area (Å²) in [6.45, 7) is 4.21. The van der Waals surface area contributed by atoms with Gasteiger partial charge in [-0.1, -0.05) is 32.0 Å². The van der Waals surface area contributed by atoms with Gasteiger partial charge in [0.05, 0.1) is 11.1 Å². The maximum atomic E-state index is 12.6. The topological polar surface area (TPSA) is 43.1 Å². The molecule has 1 aromatic carbocycles. The quantitative estimate of drug-likeness (QED) is 0.615. The Morgan fingerprint density at radius 1 is 1.15 bits per heavy atom. The lowest BCUT2D eigenvalue weighted by Crippen LogP contribution is -2.27. The number of ketones is 1. The van der Waals surface area contributed by atoms with E-state index in [-0.39, 0.29) is 11.2 Å². The Morgan fingerprint density at radius 2 is 1.95 bits per heavy atom. The van der Waals surface area contributed by atoms with Gasteiger partial charge >= 0.3 is 0 Å². The minimum Gasteiger partial charge on any atom is -0.466 e. The molecule has 100 valence electrons. The predicted molar refractivity (Wildman–Crippen MR) is 77.1 cm³/mol. The van der Waals surface area contributed by atoms with E-state index < -0.39 is 0 Å². The molecule has 4 rings (SSSR count). The van der Waals surface area contributed by atoms with E-state index in [1.807, 2.05) is 24.3 Å². The molecule has 3 aliphatic rings. The lowest BCUT2D eigenvalue weighted by Gasteiger charge is -2.29. The summed E-state index contributed by atoms with van der Waals surface area (Å²) in [7, 11) is 0. The molecule has 2 heterocycles. The van der Waals surface area contributed by atoms with Crippen molar-refractivity contribution in [2.75, 3.05) is 0 Å². The maximum Gasteiger partial charge on any atom is 0.167 e. The first kappa shape index (κ1) is 11.6. The zero-order chi connectivity index (χ0) is 13.9. The highest BCUT2D eigenvalue weighted by Gasteiger charge is 2.36. The molecule has 0 unspecified atom stereocenters. The summed E-state index contributed by atoms with van der Waals surface area (Å²) in [5.41, 5.74) is 3.37. The van der Waals surface area contributed by atoms with E-state index in [0.717, 1.165) is 39.9 Å². The number of Topliss-reactive ketones (excluding diaryl/α,β-unsaturated/α-hetero) is 1. The second kappa shape index (κ2) is 3.69. The summed E-state index contributed by atoms with van der Waals surface area (Å²) in [6, 6.07) is 7.94. The van der Waals surface area contributed by atoms with Gasteiger partial charge in [0, 0.05) is 23.8 Å². The van der Waals surface area contributed by atoms with Gasteiger partial charge in [0.15, 0.2) is 5.78 Å². The van der Waals surface area contributed by atoms with Crippen molar-refractivity contribution < 1.29 is 9.21 Å². The van der Waals surface area contributed by atoms with Crippen LogP contribution < -0.4 is 0 Å². The van der Waals surface area contributed by atoms with Crippen LogP contribution in [0.3, 0.4) is 0 Å². The molecule has 0 bridgehead atoms. The summed E-state index contributed by atoms with van der Waals surface area (Å²) in [4.78, 5) is 17.1. The molecule has 3 nitrogen and oxygen atoms in total. The van der Waals surface area contributed by atoms with Crippen molar-refractivity contribution in [3.05, 3.63) is 41.9 Å². The summed E-state index contributed by atoms with van der Waals surface area (Å²) >= 11 is 0. The van der Waals surface area contributed by atoms with E-state index in [1.54, 1.807) is 6.26 Å². The Balaban J connectivity index is 2.10. The second-order valence-electron chi connectivity index (χ2n) is 6.36. The number of hydrogen-bond acceptors (Lipinski definition) is 3. The first-order chi connectivity index (χ1) is 9.55. The zero-order valence-electron chi connectivity index (χ0n) is 11.6. The monoisotopic (exact) mass is 265 g/mol. The molecule has 3 heteroatoms. The van der Waals surface area contributed by atoms with Gasteiger partial charge in [0.2, 0.25) is 0 Å². The van der Waals surface area contributed by atoms with Crippen LogP contribution in [0.5, 0.6) is 0 Å². The number of para-hydroxylation sites is 1. The molecular weight excluding hydrogens is 250 g/mol. The van der Waals surface area contributed by atoms with Crippen LogP contribution in [0.2, 0.25) is 0 Å². The molecule has 0 spiro atoms. The van der Waals surface area contributed by atoms with E-state index in [0.29, 0.717) is 6.42 Å². The highest BCUT2D eigenvalue weighted by atomic mass is 16.3. The van der Waals surface area contributed by atoms with Gasteiger partial charge in [-0.25, -0.2) is 4.98 Å². The molecule has 0 aromatic heterocycles. The molecule has 0 saturated heterocycles. The van der Waals surface area contributed by atoms with Gasteiger partial charge in [0.25, 0.3) is 0 Å². The molecule has 2 aliphatic heterocycles. The van der Waals surface area contributed by atoms with Crippen LogP contribution in [0.15, 0.2) is 34.9 Å². The molecule has 0 radical (unpaired) electrons. The van der Waals surface area contributed by atoms with Crippen molar-refractivity contribution >= 4 is 16.7 Å². The largest absolute Gasteiger partial charge is 0.466 e. The van der Waals surface area contributed by atoms with Crippen LogP contribution in [0.25, 0.3) is 22.2 Å². The van der Waals surface area contributed by atoms with Crippen molar-refractivity contribution in [1.82, 2.24) is 4.98 Å². The van der Waals surface area contributed by atoms with Gasteiger partial charge in [-0.3, -0.25) is 4.79 Å². The SMILES string of the molecule is CC1(C)CC(=O)c2c(occ3nc4ccccc4c2-3)C1. The molecule has 1 aromatic rings. The minimum absolute atomic E-state index is 0.0307. The Hall–Kier alpha value is -2.16. The van der Waals surface area contributed by atoms with E-state index in [2.05, 4.69) is 18.8 Å². The van der Waals surface area contributed by atoms with Gasteiger partial charge in [-0.05, 0) is 11.5 Å². The summed E-state index contributed by atoms with van der Waals surface area (Å²) < 4.78 is 5.72. The van der Waals surface area contributed by atoms with Crippen LogP contribution in [-0.2, 0) is 6.42 Å². The average molecular weight is 265 g/mol. The van der Waals surface area contributed by atoms with E-state index >= 15 is 0 Å². The number of fused-ring (bicyclic) bond motifs is 5. The maximum absolute atomic E-state index is 12.6. The lowest BCUT2D eigenvalue weighted by molar-refractivity contribution is 0.0900. The molecule has 0 fully saturated rings. The molecule has 20 heavy (non-hydrogen) atoms. The van der Waals surface area contributed by atoms with Crippen LogP contribution in [-0.4, -0.2) is 10.8 Å². The standard InChI is InChI=1S/C17H15NO2/c1-17(2)7-13(19)16-14(8-17)20-9-12-15(16)10-5-3-4-6-11(10)18-12/h3-6,9H,7-8H2,1-2H3. The number of aromatic nitrogens is 1. The number of hydrogen-bond donors (Lipinski definition) is 0. The zero-order valence-corrected chi connectivity index (χ0v) is 11.6. The van der Waals surface area contributed by atoms with Crippen LogP contribution in [0, 0.1) is 5.41 Å². The van der Waals surface area contributed by atoms with E-state index in [1.165, 1.54) is 0 Å². The van der Waals surface area contributed by atoms with Crippen molar-refractivity contribution in [2.45, 2.75) is 26.7 Å². The number of rotatable bonds is 0. The Labute approximate surface area is 117 Å². The van der Waals surface area contributed by atoms with Gasteiger partial charge in [0.1, 0.15) is 17.7 Å². The number of carbonyl (C=O) groups is 1. The Morgan fingerprint density at radius 3 is 2.80 bits per heavy atom. The average Bonchev–Trinajstić information content (AvgIpc) is 2.75. The third-order valence-electron chi connectivity index (χ3n) is 4.07. The van der Waals surface area contributed by atoms with Crippen LogP contribution in [0.1, 0.15) is 36.4 Å². The first-order valence-corrected chi connectivity index (χ1v) is 6.87. The van der Waals surface area contributed by atoms with E-state index in [9.17, 15) is 4.79 Å². The smallest absolute Gasteiger partial charge is 0.167 e. The normalized spacial score (nSPS) is 17.6. The third kappa shape index (κ3) is 1.52. The molecule has 0 atom stereocenters. The van der Waals surface area contributed by atoms with E-state index in [4.69, 9.17) is 4.42 Å². The Bertz CT molecular complexity index is 813. The predicted octanol–water partition coefficient (Wildman–Crippen LogP) is 4.09. The van der Waals surface area contributed by atoms with Gasteiger partial charge in [-0.15, -0.1) is 0 Å². The third-order valence-corrected chi connectivity index (χ3v) is 4.07. The molecule has 0 N–H and O–H groups in total. The van der Waals surface area contributed by atoms with Crippen molar-refractivity contribution in [2.24, 2.45) is 5.41 Å². The summed E-state index contributed by atoms with van der Waals surface area (Å²) in [5.74, 6) is 0.973. The lowest BCUT2D eigenvalue weighted by atomic mass is 9.75. The van der Waals surface area contributed by atoms with Crippen molar-refractivity contribution in [3.8, 4) is 11.3 Å². The van der Waals surface area contributed by atoms with Crippen LogP contribution >= 0.6 is 0 Å². The summed E-state index contributed by atoms with van der Waals surface area (Å²) in [6.07, 6.45) is 3.04. The number of benzene rings is 1. The fourth-order valence-electron chi connectivity index (χ4n) is 3.22. The minimum atomic E-state index is -0.0307. The van der Waals surface area contributed by atoms with Crippen molar-refractivity contribution in [1.29, 1.82) is 0 Å². The van der Waals surface area contributed by atoms with Gasteiger partial charge < -0.3 is 4.42 Å². The number of nitrogens with zero attached hydrogens (tertiary/aromatic N) is 1. The molecule has 1 aliphatic carbocycles. The van der Waals surface area contributed by atoms with Crippen molar-refractivity contribution in [3.63, 3.8) is 0 Å². The fraction of sp³-hybridized carbons (Fsp3) is 0.294. The Kier molecular flexibility index (Phi) is 2.15. The van der Waals surface area contributed by atoms with Gasteiger partial charge in [-0.2, -0.15) is 0 Å². The first-order valence-electron chi connectivity index (χ1n) is 6.87. The molecule has 0 amide bonds. The molecular formula is C17H15NO2. The second-order valence-corrected chi connectivity index (χ2v) is 6.36. The molecule has 0 saturated carbocycles. The van der Waals surface area contributed by atoms with Crippen LogP contribution in [0.4, 0.5) is 0 Å². The fourth-order valence-corrected chi connectivity index (χ4v) is 3.22. The summed E-state index contributed by atoms with van der Waals surface area (Å²) in [5, 5.41) is 1.04. The number of carbonyl (C=O) groups excluding carboxylic acids is 1. The highest BCUT2D eigenvalue weighted by molar-refractivity contribution is 6.11. The highest BCUT2D eigenvalue weighted by Crippen LogP contribution is 2.42.